The zero-order valence-corrected chi connectivity index (χ0v) is 11.2. The van der Waals surface area contributed by atoms with Crippen LogP contribution >= 0.6 is 12.6 Å². The van der Waals surface area contributed by atoms with Gasteiger partial charge < -0.3 is 15.7 Å². The predicted octanol–water partition coefficient (Wildman–Crippen LogP) is 3.01. The number of nitrogens with two attached hydrogens (primary N) is 1. The third-order valence-corrected chi connectivity index (χ3v) is 3.91. The van der Waals surface area contributed by atoms with Gasteiger partial charge in [-0.25, -0.2) is 4.79 Å². The molecule has 0 saturated carbocycles. The fourth-order valence-corrected chi connectivity index (χ4v) is 2.63. The number of piperidine rings is 1. The summed E-state index contributed by atoms with van der Waals surface area (Å²) >= 11 is 4.23. The van der Waals surface area contributed by atoms with Gasteiger partial charge in [0.1, 0.15) is 0 Å². The molecule has 2 atom stereocenters. The summed E-state index contributed by atoms with van der Waals surface area (Å²) in [5.74, 6) is 0.416. The average molecular weight is 266 g/mol. The van der Waals surface area contributed by atoms with Crippen LogP contribution in [0.3, 0.4) is 0 Å². The Bertz CT molecular complexity index is 464. The lowest BCUT2D eigenvalue weighted by Crippen LogP contribution is -2.40. The smallest absolute Gasteiger partial charge is 0.407 e. The lowest BCUT2D eigenvalue weighted by molar-refractivity contribution is 0.0900. The predicted molar refractivity (Wildman–Crippen MR) is 74.0 cm³/mol. The topological polar surface area (TPSA) is 66.6 Å². The van der Waals surface area contributed by atoms with Crippen LogP contribution in [0.4, 0.5) is 10.5 Å². The van der Waals surface area contributed by atoms with Crippen molar-refractivity contribution < 1.29 is 9.90 Å². The van der Waals surface area contributed by atoms with Gasteiger partial charge in [0.05, 0.1) is 6.04 Å². The summed E-state index contributed by atoms with van der Waals surface area (Å²) in [7, 11) is 0. The molecule has 1 aromatic rings. The van der Waals surface area contributed by atoms with Crippen molar-refractivity contribution in [1.82, 2.24) is 4.90 Å². The van der Waals surface area contributed by atoms with Gasteiger partial charge in [0, 0.05) is 17.1 Å². The molecule has 0 bridgehead atoms. The second kappa shape index (κ2) is 5.10. The monoisotopic (exact) mass is 266 g/mol. The minimum atomic E-state index is -0.861. The minimum absolute atomic E-state index is 0.0880. The van der Waals surface area contributed by atoms with E-state index in [1.807, 2.05) is 18.2 Å². The molecule has 5 heteroatoms. The Morgan fingerprint density at radius 3 is 2.83 bits per heavy atom. The van der Waals surface area contributed by atoms with Gasteiger partial charge in [-0.15, -0.1) is 12.6 Å². The van der Waals surface area contributed by atoms with Crippen molar-refractivity contribution in [2.45, 2.75) is 30.7 Å². The number of hydrogen-bond acceptors (Lipinski definition) is 3. The molecule has 1 fully saturated rings. The first kappa shape index (κ1) is 13.1. The van der Waals surface area contributed by atoms with Gasteiger partial charge in [-0.05, 0) is 36.5 Å². The van der Waals surface area contributed by atoms with E-state index >= 15 is 0 Å². The SMILES string of the molecule is CC1CCC(c2ccc(S)c(N)c2)N(C(=O)O)C1. The van der Waals surface area contributed by atoms with Gasteiger partial charge >= 0.3 is 6.09 Å². The lowest BCUT2D eigenvalue weighted by atomic mass is 9.90. The van der Waals surface area contributed by atoms with Crippen LogP contribution in [0.1, 0.15) is 31.4 Å². The van der Waals surface area contributed by atoms with E-state index in [4.69, 9.17) is 5.73 Å². The largest absolute Gasteiger partial charge is 0.465 e. The molecule has 2 unspecified atom stereocenters. The molecule has 0 aliphatic carbocycles. The maximum atomic E-state index is 11.3. The van der Waals surface area contributed by atoms with Crippen LogP contribution in [-0.4, -0.2) is 22.6 Å². The first-order valence-corrected chi connectivity index (χ1v) is 6.51. The number of rotatable bonds is 1. The second-order valence-corrected chi connectivity index (χ2v) is 5.43. The number of likely N-dealkylation sites (tertiary alicyclic amines) is 1. The number of anilines is 1. The summed E-state index contributed by atoms with van der Waals surface area (Å²) in [4.78, 5) is 13.6. The maximum absolute atomic E-state index is 11.3. The molecule has 1 saturated heterocycles. The minimum Gasteiger partial charge on any atom is -0.465 e. The molecule has 0 radical (unpaired) electrons. The van der Waals surface area contributed by atoms with Crippen LogP contribution in [-0.2, 0) is 0 Å². The molecule has 2 rings (SSSR count). The first-order chi connectivity index (χ1) is 8.49. The second-order valence-electron chi connectivity index (χ2n) is 4.95. The Labute approximate surface area is 112 Å². The molecule has 1 aliphatic heterocycles. The van der Waals surface area contributed by atoms with Crippen LogP contribution in [0.25, 0.3) is 0 Å². The van der Waals surface area contributed by atoms with E-state index in [2.05, 4.69) is 19.6 Å². The highest BCUT2D eigenvalue weighted by atomic mass is 32.1. The average Bonchev–Trinajstić information content (AvgIpc) is 2.32. The van der Waals surface area contributed by atoms with Gasteiger partial charge in [0.15, 0.2) is 0 Å². The Hall–Kier alpha value is -1.36. The van der Waals surface area contributed by atoms with E-state index in [0.717, 1.165) is 23.3 Å². The van der Waals surface area contributed by atoms with E-state index in [-0.39, 0.29) is 6.04 Å². The standard InChI is InChI=1S/C13H18N2O2S/c1-8-2-4-11(15(7-8)13(16)17)9-3-5-12(18)10(14)6-9/h3,5-6,8,11,18H,2,4,7,14H2,1H3,(H,16,17). The van der Waals surface area contributed by atoms with E-state index in [1.165, 1.54) is 4.90 Å². The van der Waals surface area contributed by atoms with Crippen molar-refractivity contribution in [3.8, 4) is 0 Å². The quantitative estimate of drug-likeness (QED) is 0.540. The molecular formula is C13H18N2O2S. The van der Waals surface area contributed by atoms with E-state index in [1.54, 1.807) is 0 Å². The van der Waals surface area contributed by atoms with Crippen LogP contribution in [0.5, 0.6) is 0 Å². The summed E-state index contributed by atoms with van der Waals surface area (Å²) in [6.45, 7) is 2.67. The molecule has 98 valence electrons. The van der Waals surface area contributed by atoms with Gasteiger partial charge in [0.25, 0.3) is 0 Å². The molecule has 4 nitrogen and oxygen atoms in total. The van der Waals surface area contributed by atoms with Crippen molar-refractivity contribution in [2.24, 2.45) is 5.92 Å². The zero-order chi connectivity index (χ0) is 13.3. The number of benzene rings is 1. The van der Waals surface area contributed by atoms with Gasteiger partial charge in [-0.2, -0.15) is 0 Å². The summed E-state index contributed by atoms with van der Waals surface area (Å²) in [6.07, 6.45) is 1.02. The highest BCUT2D eigenvalue weighted by Crippen LogP contribution is 2.34. The normalized spacial score (nSPS) is 24.0. The highest BCUT2D eigenvalue weighted by molar-refractivity contribution is 7.80. The Balaban J connectivity index is 2.29. The van der Waals surface area contributed by atoms with E-state index in [9.17, 15) is 9.90 Å². The molecule has 18 heavy (non-hydrogen) atoms. The van der Waals surface area contributed by atoms with E-state index in [0.29, 0.717) is 18.2 Å². The molecule has 1 aliphatic rings. The van der Waals surface area contributed by atoms with Gasteiger partial charge in [-0.1, -0.05) is 13.0 Å². The van der Waals surface area contributed by atoms with E-state index < -0.39 is 6.09 Å². The molecule has 1 amide bonds. The molecule has 0 spiro atoms. The highest BCUT2D eigenvalue weighted by Gasteiger charge is 2.30. The fraction of sp³-hybridized carbons (Fsp3) is 0.462. The molecule has 1 aromatic carbocycles. The fourth-order valence-electron chi connectivity index (χ4n) is 2.49. The number of hydrogen-bond donors (Lipinski definition) is 3. The molecule has 3 N–H and O–H groups in total. The van der Waals surface area contributed by atoms with Gasteiger partial charge in [-0.3, -0.25) is 0 Å². The van der Waals surface area contributed by atoms with Gasteiger partial charge in [0.2, 0.25) is 0 Å². The summed E-state index contributed by atoms with van der Waals surface area (Å²) in [5, 5.41) is 9.29. The first-order valence-electron chi connectivity index (χ1n) is 6.07. The number of nitrogen functional groups attached to an aromatic ring is 1. The number of nitrogens with zero attached hydrogens (tertiary/aromatic N) is 1. The third kappa shape index (κ3) is 2.56. The maximum Gasteiger partial charge on any atom is 0.407 e. The number of carbonyl (C=O) groups is 1. The van der Waals surface area contributed by atoms with Crippen molar-refractivity contribution in [3.05, 3.63) is 23.8 Å². The molecular weight excluding hydrogens is 248 g/mol. The summed E-state index contributed by atoms with van der Waals surface area (Å²) < 4.78 is 0. The zero-order valence-electron chi connectivity index (χ0n) is 10.3. The number of thiol groups is 1. The molecule has 1 heterocycles. The summed E-state index contributed by atoms with van der Waals surface area (Å²) in [6, 6.07) is 5.48. The van der Waals surface area contributed by atoms with Crippen molar-refractivity contribution in [2.75, 3.05) is 12.3 Å². The third-order valence-electron chi connectivity index (χ3n) is 3.50. The number of carboxylic acid groups (broad SMARTS) is 1. The molecule has 0 aromatic heterocycles. The lowest BCUT2D eigenvalue weighted by Gasteiger charge is -2.37. The number of amides is 1. The van der Waals surface area contributed by atoms with Crippen LogP contribution in [0, 0.1) is 5.92 Å². The summed E-state index contributed by atoms with van der Waals surface area (Å²) in [5.41, 5.74) is 7.39. The van der Waals surface area contributed by atoms with Crippen molar-refractivity contribution in [3.63, 3.8) is 0 Å². The van der Waals surface area contributed by atoms with Crippen molar-refractivity contribution in [1.29, 1.82) is 0 Å². The Morgan fingerprint density at radius 2 is 2.22 bits per heavy atom. The van der Waals surface area contributed by atoms with Crippen LogP contribution in [0.15, 0.2) is 23.1 Å². The van der Waals surface area contributed by atoms with Crippen LogP contribution < -0.4 is 5.73 Å². The van der Waals surface area contributed by atoms with Crippen molar-refractivity contribution >= 4 is 24.4 Å². The Morgan fingerprint density at radius 1 is 1.50 bits per heavy atom. The van der Waals surface area contributed by atoms with Crippen LogP contribution in [0.2, 0.25) is 0 Å². The Kier molecular flexibility index (Phi) is 3.71.